The van der Waals surface area contributed by atoms with Crippen molar-refractivity contribution in [3.8, 4) is 0 Å². The van der Waals surface area contributed by atoms with E-state index in [-0.39, 0.29) is 30.3 Å². The SMILES string of the molecule is Cl.O[C@@H](c1cccc(F)c1)[C@H]1CC[C@H](c2ccc(Cl)cc2)N1. The molecule has 1 aliphatic heterocycles. The van der Waals surface area contributed by atoms with Crippen LogP contribution in [0.5, 0.6) is 0 Å². The highest BCUT2D eigenvalue weighted by Gasteiger charge is 2.30. The summed E-state index contributed by atoms with van der Waals surface area (Å²) < 4.78 is 13.2. The summed E-state index contributed by atoms with van der Waals surface area (Å²) in [6, 6.07) is 14.0. The molecule has 22 heavy (non-hydrogen) atoms. The van der Waals surface area contributed by atoms with Crippen molar-refractivity contribution in [3.05, 3.63) is 70.5 Å². The van der Waals surface area contributed by atoms with E-state index < -0.39 is 6.10 Å². The average molecular weight is 342 g/mol. The second-order valence-corrected chi connectivity index (χ2v) is 5.89. The van der Waals surface area contributed by atoms with Crippen LogP contribution in [0.15, 0.2) is 48.5 Å². The van der Waals surface area contributed by atoms with Crippen molar-refractivity contribution < 1.29 is 9.50 Å². The van der Waals surface area contributed by atoms with Gasteiger partial charge in [0, 0.05) is 17.1 Å². The number of nitrogens with one attached hydrogen (secondary N) is 1. The van der Waals surface area contributed by atoms with E-state index in [4.69, 9.17) is 11.6 Å². The van der Waals surface area contributed by atoms with Gasteiger partial charge in [0.25, 0.3) is 0 Å². The Bertz CT molecular complexity index is 620. The fourth-order valence-corrected chi connectivity index (χ4v) is 3.03. The van der Waals surface area contributed by atoms with Crippen LogP contribution in [0.25, 0.3) is 0 Å². The second kappa shape index (κ2) is 7.42. The number of hydrogen-bond donors (Lipinski definition) is 2. The van der Waals surface area contributed by atoms with Crippen LogP contribution in [0.3, 0.4) is 0 Å². The first-order valence-corrected chi connectivity index (χ1v) is 7.46. The molecule has 2 aromatic carbocycles. The molecule has 2 N–H and O–H groups in total. The number of aliphatic hydroxyl groups excluding tert-OH is 1. The first-order valence-electron chi connectivity index (χ1n) is 7.08. The minimum absolute atomic E-state index is 0. The van der Waals surface area contributed by atoms with Crippen LogP contribution in [0.1, 0.15) is 36.1 Å². The van der Waals surface area contributed by atoms with Gasteiger partial charge in [-0.05, 0) is 48.2 Å². The Morgan fingerprint density at radius 3 is 2.55 bits per heavy atom. The Balaban J connectivity index is 0.00000176. The lowest BCUT2D eigenvalue weighted by Gasteiger charge is -2.20. The molecular formula is C17H18Cl2FNO. The van der Waals surface area contributed by atoms with Gasteiger partial charge in [-0.2, -0.15) is 0 Å². The fraction of sp³-hybridized carbons (Fsp3) is 0.294. The second-order valence-electron chi connectivity index (χ2n) is 5.45. The molecule has 1 heterocycles. The van der Waals surface area contributed by atoms with E-state index in [2.05, 4.69) is 5.32 Å². The Labute approximate surface area is 140 Å². The van der Waals surface area contributed by atoms with Crippen LogP contribution in [0, 0.1) is 5.82 Å². The molecule has 1 aliphatic rings. The maximum absolute atomic E-state index is 13.2. The minimum atomic E-state index is -0.696. The zero-order chi connectivity index (χ0) is 14.8. The van der Waals surface area contributed by atoms with Gasteiger partial charge in [0.2, 0.25) is 0 Å². The first-order chi connectivity index (χ1) is 10.1. The molecule has 3 rings (SSSR count). The summed E-state index contributed by atoms with van der Waals surface area (Å²) in [4.78, 5) is 0. The lowest BCUT2D eigenvalue weighted by molar-refractivity contribution is 0.135. The zero-order valence-corrected chi connectivity index (χ0v) is 13.4. The summed E-state index contributed by atoms with van der Waals surface area (Å²) in [5, 5.41) is 14.5. The molecule has 0 radical (unpaired) electrons. The van der Waals surface area contributed by atoms with Crippen LogP contribution in [0.2, 0.25) is 5.02 Å². The Kier molecular flexibility index (Phi) is 5.81. The van der Waals surface area contributed by atoms with E-state index >= 15 is 0 Å². The summed E-state index contributed by atoms with van der Waals surface area (Å²) in [6.45, 7) is 0. The molecule has 2 nitrogen and oxygen atoms in total. The lowest BCUT2D eigenvalue weighted by Crippen LogP contribution is -2.30. The maximum Gasteiger partial charge on any atom is 0.123 e. The molecule has 1 saturated heterocycles. The topological polar surface area (TPSA) is 32.3 Å². The average Bonchev–Trinajstić information content (AvgIpc) is 2.97. The van der Waals surface area contributed by atoms with Crippen molar-refractivity contribution >= 4 is 24.0 Å². The van der Waals surface area contributed by atoms with E-state index in [9.17, 15) is 9.50 Å². The van der Waals surface area contributed by atoms with Gasteiger partial charge < -0.3 is 10.4 Å². The van der Waals surface area contributed by atoms with Crippen molar-refractivity contribution in [1.82, 2.24) is 5.32 Å². The molecule has 0 saturated carbocycles. The summed E-state index contributed by atoms with van der Waals surface area (Å²) in [5.41, 5.74) is 1.78. The van der Waals surface area contributed by atoms with Gasteiger partial charge >= 0.3 is 0 Å². The molecule has 0 unspecified atom stereocenters. The standard InChI is InChI=1S/C17H17ClFNO.ClH/c18-13-6-4-11(5-7-13)15-8-9-16(20-15)17(21)12-2-1-3-14(19)10-12;/h1-7,10,15-17,20-21H,8-9H2;1H/t15-,16-,17+;/m1./s1. The van der Waals surface area contributed by atoms with Crippen LogP contribution in [-0.4, -0.2) is 11.1 Å². The van der Waals surface area contributed by atoms with E-state index in [1.54, 1.807) is 12.1 Å². The van der Waals surface area contributed by atoms with Gasteiger partial charge in [-0.1, -0.05) is 35.9 Å². The van der Waals surface area contributed by atoms with Crippen molar-refractivity contribution in [2.75, 3.05) is 0 Å². The monoisotopic (exact) mass is 341 g/mol. The molecule has 0 aliphatic carbocycles. The molecule has 0 aromatic heterocycles. The molecule has 3 atom stereocenters. The van der Waals surface area contributed by atoms with Crippen molar-refractivity contribution in [2.45, 2.75) is 31.0 Å². The van der Waals surface area contributed by atoms with Gasteiger partial charge in [0.15, 0.2) is 0 Å². The minimum Gasteiger partial charge on any atom is -0.387 e. The van der Waals surface area contributed by atoms with Crippen molar-refractivity contribution in [3.63, 3.8) is 0 Å². The van der Waals surface area contributed by atoms with E-state index in [0.29, 0.717) is 10.6 Å². The Morgan fingerprint density at radius 1 is 1.14 bits per heavy atom. The Hall–Kier alpha value is -1.13. The van der Waals surface area contributed by atoms with Crippen LogP contribution in [-0.2, 0) is 0 Å². The van der Waals surface area contributed by atoms with Crippen molar-refractivity contribution in [2.24, 2.45) is 0 Å². The van der Waals surface area contributed by atoms with E-state index in [1.807, 2.05) is 24.3 Å². The third-order valence-corrected chi connectivity index (χ3v) is 4.28. The van der Waals surface area contributed by atoms with Gasteiger partial charge in [-0.25, -0.2) is 4.39 Å². The summed E-state index contributed by atoms with van der Waals surface area (Å²) in [5.74, 6) is -0.321. The van der Waals surface area contributed by atoms with Crippen molar-refractivity contribution in [1.29, 1.82) is 0 Å². The van der Waals surface area contributed by atoms with Crippen LogP contribution < -0.4 is 5.32 Å². The molecule has 0 amide bonds. The normalized spacial score (nSPS) is 22.1. The zero-order valence-electron chi connectivity index (χ0n) is 11.9. The van der Waals surface area contributed by atoms with E-state index in [1.165, 1.54) is 12.1 Å². The fourth-order valence-electron chi connectivity index (χ4n) is 2.90. The van der Waals surface area contributed by atoms with Gasteiger partial charge in [-0.15, -0.1) is 12.4 Å². The maximum atomic E-state index is 13.2. The molecule has 1 fully saturated rings. The first kappa shape index (κ1) is 17.2. The quantitative estimate of drug-likeness (QED) is 0.865. The summed E-state index contributed by atoms with van der Waals surface area (Å²) >= 11 is 5.90. The van der Waals surface area contributed by atoms with Gasteiger partial charge in [0.05, 0.1) is 6.10 Å². The molecule has 5 heteroatoms. The summed E-state index contributed by atoms with van der Waals surface area (Å²) in [6.07, 6.45) is 1.10. The molecule has 0 spiro atoms. The third-order valence-electron chi connectivity index (χ3n) is 4.03. The highest BCUT2D eigenvalue weighted by Crippen LogP contribution is 2.32. The van der Waals surface area contributed by atoms with Crippen LogP contribution >= 0.6 is 24.0 Å². The molecule has 0 bridgehead atoms. The Morgan fingerprint density at radius 2 is 1.86 bits per heavy atom. The highest BCUT2D eigenvalue weighted by molar-refractivity contribution is 6.30. The molecule has 118 valence electrons. The molecular weight excluding hydrogens is 324 g/mol. The summed E-state index contributed by atoms with van der Waals surface area (Å²) in [7, 11) is 0. The third kappa shape index (κ3) is 3.79. The number of rotatable bonds is 3. The highest BCUT2D eigenvalue weighted by atomic mass is 35.5. The number of benzene rings is 2. The number of aliphatic hydroxyl groups is 1. The predicted octanol–water partition coefficient (Wildman–Crippen LogP) is 4.43. The molecule has 2 aromatic rings. The van der Waals surface area contributed by atoms with Gasteiger partial charge in [-0.3, -0.25) is 0 Å². The van der Waals surface area contributed by atoms with Gasteiger partial charge in [0.1, 0.15) is 5.82 Å². The lowest BCUT2D eigenvalue weighted by atomic mass is 10.0. The number of halogens is 3. The smallest absolute Gasteiger partial charge is 0.123 e. The predicted molar refractivity (Wildman–Crippen MR) is 89.0 cm³/mol. The largest absolute Gasteiger partial charge is 0.387 e. The number of hydrogen-bond acceptors (Lipinski definition) is 2. The van der Waals surface area contributed by atoms with Crippen LogP contribution in [0.4, 0.5) is 4.39 Å². The van der Waals surface area contributed by atoms with E-state index in [0.717, 1.165) is 18.4 Å².